The summed E-state index contributed by atoms with van der Waals surface area (Å²) in [5.74, 6) is -0.0529. The fourth-order valence-corrected chi connectivity index (χ4v) is 3.19. The van der Waals surface area contributed by atoms with E-state index in [1.54, 1.807) is 0 Å². The van der Waals surface area contributed by atoms with Gasteiger partial charge in [-0.2, -0.15) is 0 Å². The molecule has 1 aromatic heterocycles. The Kier molecular flexibility index (Phi) is 6.17. The molecule has 1 fully saturated rings. The molecule has 7 nitrogen and oxygen atoms in total. The standard InChI is InChI=1S/C16H26N4O3S/c1-11-10-24-14(17-11)19-13(21)9-20-7-5-12(6-8-20)18-15(22)23-16(2,3)4/h10,12H,5-9H2,1-4H3,(H,18,22)(H,17,19,21). The molecule has 0 unspecified atom stereocenters. The highest BCUT2D eigenvalue weighted by atomic mass is 32.1. The van der Waals surface area contributed by atoms with Crippen LogP contribution in [0.2, 0.25) is 0 Å². The van der Waals surface area contributed by atoms with Crippen molar-refractivity contribution in [1.82, 2.24) is 15.2 Å². The quantitative estimate of drug-likeness (QED) is 0.867. The fourth-order valence-electron chi connectivity index (χ4n) is 2.48. The number of ether oxygens (including phenoxy) is 1. The van der Waals surface area contributed by atoms with Gasteiger partial charge in [-0.1, -0.05) is 0 Å². The van der Waals surface area contributed by atoms with Gasteiger partial charge in [-0.25, -0.2) is 9.78 Å². The van der Waals surface area contributed by atoms with Gasteiger partial charge in [-0.05, 0) is 40.5 Å². The van der Waals surface area contributed by atoms with Gasteiger partial charge in [0, 0.05) is 24.5 Å². The summed E-state index contributed by atoms with van der Waals surface area (Å²) in [5.41, 5.74) is 0.418. The zero-order chi connectivity index (χ0) is 17.7. The Balaban J connectivity index is 1.69. The number of carbonyl (C=O) groups excluding carboxylic acids is 2. The summed E-state index contributed by atoms with van der Waals surface area (Å²) in [6.45, 7) is 9.31. The summed E-state index contributed by atoms with van der Waals surface area (Å²) >= 11 is 1.43. The SMILES string of the molecule is Cc1csc(NC(=O)CN2CCC(NC(=O)OC(C)(C)C)CC2)n1. The molecule has 0 atom stereocenters. The molecule has 0 aromatic carbocycles. The summed E-state index contributed by atoms with van der Waals surface area (Å²) in [4.78, 5) is 30.1. The highest BCUT2D eigenvalue weighted by molar-refractivity contribution is 7.13. The molecule has 0 spiro atoms. The first-order chi connectivity index (χ1) is 11.2. The lowest BCUT2D eigenvalue weighted by molar-refractivity contribution is -0.117. The molecule has 2 amide bonds. The van der Waals surface area contributed by atoms with Crippen LogP contribution in [0.25, 0.3) is 0 Å². The monoisotopic (exact) mass is 354 g/mol. The first-order valence-corrected chi connectivity index (χ1v) is 9.03. The molecule has 1 aliphatic rings. The van der Waals surface area contributed by atoms with Gasteiger partial charge in [0.05, 0.1) is 12.2 Å². The molecule has 0 bridgehead atoms. The van der Waals surface area contributed by atoms with Crippen molar-refractivity contribution in [2.45, 2.75) is 52.2 Å². The van der Waals surface area contributed by atoms with Crippen LogP contribution in [0, 0.1) is 6.92 Å². The number of hydrogen-bond acceptors (Lipinski definition) is 6. The largest absolute Gasteiger partial charge is 0.444 e. The molecule has 0 saturated carbocycles. The van der Waals surface area contributed by atoms with E-state index in [-0.39, 0.29) is 18.0 Å². The lowest BCUT2D eigenvalue weighted by Gasteiger charge is -2.32. The van der Waals surface area contributed by atoms with Gasteiger partial charge < -0.3 is 15.4 Å². The zero-order valence-electron chi connectivity index (χ0n) is 14.7. The highest BCUT2D eigenvalue weighted by Crippen LogP contribution is 2.15. The maximum absolute atomic E-state index is 12.0. The summed E-state index contributed by atoms with van der Waals surface area (Å²) in [6, 6.07) is 0.0979. The summed E-state index contributed by atoms with van der Waals surface area (Å²) < 4.78 is 5.27. The van der Waals surface area contributed by atoms with Crippen LogP contribution in [0.15, 0.2) is 5.38 Å². The number of rotatable bonds is 4. The molecule has 1 saturated heterocycles. The molecule has 2 N–H and O–H groups in total. The van der Waals surface area contributed by atoms with Crippen LogP contribution in [0.3, 0.4) is 0 Å². The van der Waals surface area contributed by atoms with Crippen molar-refractivity contribution in [2.75, 3.05) is 25.0 Å². The van der Waals surface area contributed by atoms with Crippen LogP contribution in [0.4, 0.5) is 9.93 Å². The second-order valence-corrected chi connectivity index (χ2v) is 7.90. The number of piperidine rings is 1. The van der Waals surface area contributed by atoms with Gasteiger partial charge in [-0.3, -0.25) is 9.69 Å². The lowest BCUT2D eigenvalue weighted by Crippen LogP contribution is -2.47. The minimum absolute atomic E-state index is 0.0529. The average Bonchev–Trinajstić information content (AvgIpc) is 2.84. The van der Waals surface area contributed by atoms with E-state index in [0.717, 1.165) is 31.6 Å². The molecule has 2 rings (SSSR count). The van der Waals surface area contributed by atoms with Crippen LogP contribution in [0.1, 0.15) is 39.3 Å². The molecule has 24 heavy (non-hydrogen) atoms. The Morgan fingerprint density at radius 2 is 2.04 bits per heavy atom. The number of aryl methyl sites for hydroxylation is 1. The Bertz CT molecular complexity index is 574. The number of thiazole rings is 1. The van der Waals surface area contributed by atoms with E-state index in [9.17, 15) is 9.59 Å². The van der Waals surface area contributed by atoms with Crippen LogP contribution < -0.4 is 10.6 Å². The topological polar surface area (TPSA) is 83.6 Å². The number of carbonyl (C=O) groups is 2. The third-order valence-corrected chi connectivity index (χ3v) is 4.42. The Morgan fingerprint density at radius 1 is 1.38 bits per heavy atom. The predicted molar refractivity (Wildman–Crippen MR) is 94.3 cm³/mol. The van der Waals surface area contributed by atoms with E-state index in [1.807, 2.05) is 33.1 Å². The predicted octanol–water partition coefficient (Wildman–Crippen LogP) is 2.38. The third kappa shape index (κ3) is 6.45. The number of amides is 2. The number of nitrogens with one attached hydrogen (secondary N) is 2. The van der Waals surface area contributed by atoms with Crippen LogP contribution >= 0.6 is 11.3 Å². The number of likely N-dealkylation sites (tertiary alicyclic amines) is 1. The summed E-state index contributed by atoms with van der Waals surface area (Å²) in [6.07, 6.45) is 1.24. The van der Waals surface area contributed by atoms with Crippen LogP contribution in [-0.2, 0) is 9.53 Å². The summed E-state index contributed by atoms with van der Waals surface area (Å²) in [7, 11) is 0. The Hall–Kier alpha value is -1.67. The average molecular weight is 354 g/mol. The molecule has 2 heterocycles. The van der Waals surface area contributed by atoms with Gasteiger partial charge in [0.2, 0.25) is 5.91 Å². The second-order valence-electron chi connectivity index (χ2n) is 7.04. The van der Waals surface area contributed by atoms with Crippen molar-refractivity contribution < 1.29 is 14.3 Å². The number of aromatic nitrogens is 1. The van der Waals surface area contributed by atoms with Crippen molar-refractivity contribution in [1.29, 1.82) is 0 Å². The summed E-state index contributed by atoms with van der Waals surface area (Å²) in [5, 5.41) is 8.26. The van der Waals surface area contributed by atoms with Crippen molar-refractivity contribution in [3.8, 4) is 0 Å². The molecule has 134 valence electrons. The van der Waals surface area contributed by atoms with E-state index in [4.69, 9.17) is 4.74 Å². The maximum atomic E-state index is 12.0. The highest BCUT2D eigenvalue weighted by Gasteiger charge is 2.24. The van der Waals surface area contributed by atoms with E-state index < -0.39 is 5.60 Å². The first-order valence-electron chi connectivity index (χ1n) is 8.15. The molecular formula is C16H26N4O3S. The molecule has 1 aliphatic heterocycles. The fraction of sp³-hybridized carbons (Fsp3) is 0.688. The van der Waals surface area contributed by atoms with Gasteiger partial charge >= 0.3 is 6.09 Å². The van der Waals surface area contributed by atoms with Crippen LogP contribution in [-0.4, -0.2) is 53.2 Å². The number of nitrogens with zero attached hydrogens (tertiary/aromatic N) is 2. The lowest BCUT2D eigenvalue weighted by atomic mass is 10.1. The zero-order valence-corrected chi connectivity index (χ0v) is 15.5. The minimum atomic E-state index is -0.489. The van der Waals surface area contributed by atoms with Crippen molar-refractivity contribution >= 4 is 28.5 Å². The number of alkyl carbamates (subject to hydrolysis) is 1. The third-order valence-electron chi connectivity index (χ3n) is 3.54. The second kappa shape index (κ2) is 7.94. The van der Waals surface area contributed by atoms with Gasteiger partial charge in [0.1, 0.15) is 5.60 Å². The van der Waals surface area contributed by atoms with Crippen molar-refractivity contribution in [3.63, 3.8) is 0 Å². The smallest absolute Gasteiger partial charge is 0.407 e. The van der Waals surface area contributed by atoms with E-state index in [2.05, 4.69) is 20.5 Å². The molecular weight excluding hydrogens is 328 g/mol. The first kappa shape index (κ1) is 18.7. The molecule has 0 radical (unpaired) electrons. The van der Waals surface area contributed by atoms with E-state index in [1.165, 1.54) is 11.3 Å². The van der Waals surface area contributed by atoms with E-state index >= 15 is 0 Å². The molecule has 8 heteroatoms. The van der Waals surface area contributed by atoms with Crippen LogP contribution in [0.5, 0.6) is 0 Å². The Labute approximate surface area is 146 Å². The normalized spacial score (nSPS) is 16.7. The maximum Gasteiger partial charge on any atom is 0.407 e. The van der Waals surface area contributed by atoms with Gasteiger partial charge in [0.15, 0.2) is 5.13 Å². The van der Waals surface area contributed by atoms with Crippen molar-refractivity contribution in [3.05, 3.63) is 11.1 Å². The van der Waals surface area contributed by atoms with Gasteiger partial charge in [0.25, 0.3) is 0 Å². The van der Waals surface area contributed by atoms with Crippen molar-refractivity contribution in [2.24, 2.45) is 0 Å². The van der Waals surface area contributed by atoms with Gasteiger partial charge in [-0.15, -0.1) is 11.3 Å². The molecule has 1 aromatic rings. The number of anilines is 1. The molecule has 0 aliphatic carbocycles. The minimum Gasteiger partial charge on any atom is -0.444 e. The van der Waals surface area contributed by atoms with E-state index in [0.29, 0.717) is 11.7 Å². The number of hydrogen-bond donors (Lipinski definition) is 2. The Morgan fingerprint density at radius 3 is 2.58 bits per heavy atom.